The Balaban J connectivity index is 1.65. The molecule has 0 N–H and O–H groups in total. The number of rotatable bonds is 8. The monoisotopic (exact) mass is 710 g/mol. The van der Waals surface area contributed by atoms with Crippen molar-refractivity contribution in [3.63, 3.8) is 0 Å². The summed E-state index contributed by atoms with van der Waals surface area (Å²) in [4.78, 5) is 28.7. The van der Waals surface area contributed by atoms with E-state index in [-0.39, 0.29) is 29.9 Å². The molecule has 3 aromatic carbocycles. The number of benzene rings is 3. The smallest absolute Gasteiger partial charge is 0.325 e. The fourth-order valence-corrected chi connectivity index (χ4v) is 6.00. The molecule has 39 heavy (non-hydrogen) atoms. The maximum absolute atomic E-state index is 13.6. The Hall–Kier alpha value is -2.43. The van der Waals surface area contributed by atoms with E-state index < -0.39 is 5.97 Å². The highest BCUT2D eigenvalue weighted by Crippen LogP contribution is 2.37. The molecule has 1 heterocycles. The van der Waals surface area contributed by atoms with Gasteiger partial charge >= 0.3 is 5.97 Å². The third-order valence-electron chi connectivity index (χ3n) is 5.94. The number of nitrogens with zero attached hydrogens (tertiary/aromatic N) is 2. The molecule has 0 aromatic heterocycles. The van der Waals surface area contributed by atoms with Gasteiger partial charge in [-0.2, -0.15) is 0 Å². The molecule has 0 unspecified atom stereocenters. The third-order valence-corrected chi connectivity index (χ3v) is 8.26. The summed E-state index contributed by atoms with van der Waals surface area (Å²) in [5.74, 6) is -0.298. The molecule has 0 aliphatic carbocycles. The number of hydrogen-bond acceptors (Lipinski definition) is 5. The predicted molar refractivity (Wildman–Crippen MR) is 165 cm³/mol. The van der Waals surface area contributed by atoms with Gasteiger partial charge in [-0.15, -0.1) is 0 Å². The van der Waals surface area contributed by atoms with Crippen LogP contribution in [0.5, 0.6) is 5.75 Å². The zero-order chi connectivity index (χ0) is 28.3. The van der Waals surface area contributed by atoms with Crippen LogP contribution in [0.1, 0.15) is 23.6 Å². The second-order valence-electron chi connectivity index (χ2n) is 8.49. The molecule has 11 heteroatoms. The molecule has 0 radical (unpaired) electrons. The molecular weight excluding hydrogens is 691 g/mol. The van der Waals surface area contributed by atoms with Crippen LogP contribution in [0.4, 0.5) is 5.69 Å². The van der Waals surface area contributed by atoms with Crippen LogP contribution in [0.3, 0.4) is 0 Å². The summed E-state index contributed by atoms with van der Waals surface area (Å²) in [6.07, 6.45) is 2.55. The van der Waals surface area contributed by atoms with Gasteiger partial charge in [0.1, 0.15) is 24.6 Å². The van der Waals surface area contributed by atoms with E-state index >= 15 is 0 Å². The average molecular weight is 713 g/mol. The Bertz CT molecular complexity index is 1460. The molecule has 0 spiro atoms. The van der Waals surface area contributed by atoms with E-state index in [0.29, 0.717) is 36.0 Å². The van der Waals surface area contributed by atoms with Crippen molar-refractivity contribution < 1.29 is 19.1 Å². The summed E-state index contributed by atoms with van der Waals surface area (Å²) >= 11 is 24.9. The number of methoxy groups -OCH3 is 1. The first-order chi connectivity index (χ1) is 18.6. The Morgan fingerprint density at radius 2 is 1.64 bits per heavy atom. The fourth-order valence-electron chi connectivity index (χ4n) is 3.88. The summed E-state index contributed by atoms with van der Waals surface area (Å²) < 4.78 is 12.2. The van der Waals surface area contributed by atoms with E-state index in [0.717, 1.165) is 17.5 Å². The van der Waals surface area contributed by atoms with Crippen molar-refractivity contribution in [2.24, 2.45) is 0 Å². The minimum absolute atomic E-state index is 0.195. The van der Waals surface area contributed by atoms with Gasteiger partial charge in [0.15, 0.2) is 5.11 Å². The largest absolute Gasteiger partial charge is 0.487 e. The molecule has 3 aromatic rings. The van der Waals surface area contributed by atoms with Gasteiger partial charge in [0, 0.05) is 0 Å². The average Bonchev–Trinajstić information content (AvgIpc) is 3.13. The molecule has 202 valence electrons. The lowest BCUT2D eigenvalue weighted by Crippen LogP contribution is -2.35. The maximum atomic E-state index is 13.6. The fraction of sp³-hybridized carbons (Fsp3) is 0.179. The summed E-state index contributed by atoms with van der Waals surface area (Å²) in [5, 5.41) is 1.11. The zero-order valence-corrected chi connectivity index (χ0v) is 26.3. The van der Waals surface area contributed by atoms with Gasteiger partial charge in [-0.05, 0) is 110 Å². The minimum Gasteiger partial charge on any atom is -0.487 e. The van der Waals surface area contributed by atoms with Crippen LogP contribution < -0.4 is 9.64 Å². The molecule has 1 amide bonds. The summed E-state index contributed by atoms with van der Waals surface area (Å²) in [6.45, 7) is 2.11. The quantitative estimate of drug-likeness (QED) is 0.135. The van der Waals surface area contributed by atoms with E-state index in [4.69, 9.17) is 44.9 Å². The van der Waals surface area contributed by atoms with Crippen molar-refractivity contribution in [1.29, 1.82) is 0 Å². The molecule has 1 saturated heterocycles. The Morgan fingerprint density at radius 1 is 1.00 bits per heavy atom. The van der Waals surface area contributed by atoms with Crippen LogP contribution in [0.25, 0.3) is 6.08 Å². The highest BCUT2D eigenvalue weighted by molar-refractivity contribution is 9.11. The topological polar surface area (TPSA) is 59.1 Å². The number of hydrogen-bond donors (Lipinski definition) is 0. The second-order valence-corrected chi connectivity index (χ2v) is 11.4. The van der Waals surface area contributed by atoms with Gasteiger partial charge in [-0.3, -0.25) is 14.5 Å². The highest BCUT2D eigenvalue weighted by Gasteiger charge is 2.40. The van der Waals surface area contributed by atoms with Gasteiger partial charge in [-0.1, -0.05) is 48.3 Å². The van der Waals surface area contributed by atoms with Crippen LogP contribution in [0.15, 0.2) is 69.2 Å². The molecule has 0 saturated carbocycles. The van der Waals surface area contributed by atoms with Crippen molar-refractivity contribution in [3.8, 4) is 5.75 Å². The zero-order valence-electron chi connectivity index (χ0n) is 20.8. The molecule has 1 aliphatic rings. The number of halogens is 4. The number of amides is 1. The number of thiocarbonyl (C=S) groups is 1. The van der Waals surface area contributed by atoms with E-state index in [2.05, 4.69) is 38.8 Å². The van der Waals surface area contributed by atoms with E-state index in [1.165, 1.54) is 16.9 Å². The molecular formula is C28H22Br2Cl2N2O4S. The maximum Gasteiger partial charge on any atom is 0.325 e. The van der Waals surface area contributed by atoms with Crippen LogP contribution in [-0.2, 0) is 27.4 Å². The summed E-state index contributed by atoms with van der Waals surface area (Å²) in [5.41, 5.74) is 3.53. The van der Waals surface area contributed by atoms with Crippen molar-refractivity contribution in [1.82, 2.24) is 4.90 Å². The number of aryl methyl sites for hydroxylation is 1. The van der Waals surface area contributed by atoms with Crippen LogP contribution >= 0.6 is 67.3 Å². The van der Waals surface area contributed by atoms with E-state index in [1.807, 2.05) is 42.5 Å². The number of anilines is 1. The van der Waals surface area contributed by atoms with Crippen LogP contribution in [-0.4, -0.2) is 35.5 Å². The lowest BCUT2D eigenvalue weighted by atomic mass is 10.1. The Morgan fingerprint density at radius 3 is 2.23 bits per heavy atom. The van der Waals surface area contributed by atoms with Gasteiger partial charge in [-0.25, -0.2) is 0 Å². The molecule has 1 fully saturated rings. The van der Waals surface area contributed by atoms with Crippen LogP contribution in [0.2, 0.25) is 10.0 Å². The Kier molecular flexibility index (Phi) is 9.72. The second kappa shape index (κ2) is 12.8. The van der Waals surface area contributed by atoms with Crippen LogP contribution in [0, 0.1) is 0 Å². The first-order valence-electron chi connectivity index (χ1n) is 11.7. The van der Waals surface area contributed by atoms with Gasteiger partial charge in [0.05, 0.1) is 31.8 Å². The number of carbonyl (C=O) groups excluding carboxylic acids is 2. The molecule has 4 rings (SSSR count). The number of carbonyl (C=O) groups is 2. The standard InChI is InChI=1S/C28H22Br2Cl2N2O4S/c1-3-16-4-7-19(8-5-16)34-27(36)24(33(28(34)39)14-25(35)37-2)13-18-10-20(29)26(21(30)11-18)38-15-17-6-9-22(31)23(32)12-17/h4-13H,3,14-15H2,1-2H3/b24-13-. The summed E-state index contributed by atoms with van der Waals surface area (Å²) in [7, 11) is 1.29. The lowest BCUT2D eigenvalue weighted by Gasteiger charge is -2.19. The van der Waals surface area contributed by atoms with Crippen molar-refractivity contribution in [3.05, 3.63) is 96.0 Å². The summed E-state index contributed by atoms with van der Waals surface area (Å²) in [6, 6.07) is 16.5. The normalized spacial score (nSPS) is 14.4. The first kappa shape index (κ1) is 29.6. The molecule has 6 nitrogen and oxygen atoms in total. The third kappa shape index (κ3) is 6.66. The van der Waals surface area contributed by atoms with Gasteiger partial charge in [0.25, 0.3) is 5.91 Å². The number of esters is 1. The van der Waals surface area contributed by atoms with Crippen molar-refractivity contribution >= 4 is 96.0 Å². The van der Waals surface area contributed by atoms with Crippen molar-refractivity contribution in [2.45, 2.75) is 20.0 Å². The van der Waals surface area contributed by atoms with E-state index in [1.54, 1.807) is 18.2 Å². The number of ether oxygens (including phenoxy) is 2. The minimum atomic E-state index is -0.521. The lowest BCUT2D eigenvalue weighted by molar-refractivity contribution is -0.140. The molecule has 0 bridgehead atoms. The van der Waals surface area contributed by atoms with Crippen molar-refractivity contribution in [2.75, 3.05) is 18.6 Å². The molecule has 1 aliphatic heterocycles. The van der Waals surface area contributed by atoms with Gasteiger partial charge in [0.2, 0.25) is 0 Å². The van der Waals surface area contributed by atoms with E-state index in [9.17, 15) is 9.59 Å². The predicted octanol–water partition coefficient (Wildman–Crippen LogP) is 7.81. The Labute approximate surface area is 258 Å². The van der Waals surface area contributed by atoms with Gasteiger partial charge < -0.3 is 14.4 Å². The first-order valence-corrected chi connectivity index (χ1v) is 14.5. The molecule has 0 atom stereocenters. The highest BCUT2D eigenvalue weighted by atomic mass is 79.9. The SMILES string of the molecule is CCc1ccc(N2C(=O)/C(=C/c3cc(Br)c(OCc4ccc(Cl)c(Cl)c4)c(Br)c3)N(CC(=O)OC)C2=S)cc1.